The average Bonchev–Trinajstić information content (AvgIpc) is 2.74. The highest BCUT2D eigenvalue weighted by atomic mass is 79.9. The van der Waals surface area contributed by atoms with Crippen molar-refractivity contribution in [2.24, 2.45) is 0 Å². The van der Waals surface area contributed by atoms with Gasteiger partial charge in [-0.2, -0.15) is 0 Å². The summed E-state index contributed by atoms with van der Waals surface area (Å²) in [6, 6.07) is 12.8. The number of benzene rings is 2. The third-order valence-corrected chi connectivity index (χ3v) is 6.03. The Kier molecular flexibility index (Phi) is 7.91. The van der Waals surface area contributed by atoms with E-state index in [1.165, 1.54) is 37.1 Å². The second kappa shape index (κ2) is 10.6. The monoisotopic (exact) mass is 472 g/mol. The number of aromatic carboxylic acids is 1. The Morgan fingerprint density at radius 3 is 2.43 bits per heavy atom. The number of carboxylic acid groups (broad SMARTS) is 1. The molecule has 2 N–H and O–H groups in total. The number of amides is 1. The molecule has 0 saturated carbocycles. The van der Waals surface area contributed by atoms with E-state index in [9.17, 15) is 9.59 Å². The molecule has 0 radical (unpaired) electrons. The van der Waals surface area contributed by atoms with E-state index in [0.717, 1.165) is 41.5 Å². The maximum absolute atomic E-state index is 12.8. The molecule has 1 aliphatic rings. The number of carboxylic acids is 1. The molecule has 1 fully saturated rings. The van der Waals surface area contributed by atoms with E-state index in [4.69, 9.17) is 5.11 Å². The first-order valence-corrected chi connectivity index (χ1v) is 11.4. The number of rotatable bonds is 8. The molecule has 3 rings (SSSR count). The minimum atomic E-state index is -0.964. The highest BCUT2D eigenvalue weighted by Gasteiger charge is 2.22. The maximum Gasteiger partial charge on any atom is 0.335 e. The summed E-state index contributed by atoms with van der Waals surface area (Å²) in [5.74, 6) is -1.02. The first kappa shape index (κ1) is 22.3. The van der Waals surface area contributed by atoms with Crippen molar-refractivity contribution in [2.75, 3.05) is 18.0 Å². The minimum Gasteiger partial charge on any atom is -0.478 e. The SMILES string of the molecule is CCC[C@@H](NC(=O)Cc1ccc(C(=O)O)cc1)c1cc(Br)ccc1N1CCCCC1. The Morgan fingerprint density at radius 2 is 1.80 bits per heavy atom. The van der Waals surface area contributed by atoms with Gasteiger partial charge < -0.3 is 15.3 Å². The third-order valence-electron chi connectivity index (χ3n) is 5.54. The van der Waals surface area contributed by atoms with Gasteiger partial charge in [-0.3, -0.25) is 4.79 Å². The highest BCUT2D eigenvalue weighted by molar-refractivity contribution is 9.10. The van der Waals surface area contributed by atoms with Crippen molar-refractivity contribution in [3.63, 3.8) is 0 Å². The topological polar surface area (TPSA) is 69.6 Å². The molecule has 6 heteroatoms. The molecule has 0 spiro atoms. The molecule has 1 amide bonds. The first-order valence-electron chi connectivity index (χ1n) is 10.6. The summed E-state index contributed by atoms with van der Waals surface area (Å²) >= 11 is 3.60. The maximum atomic E-state index is 12.8. The fraction of sp³-hybridized carbons (Fsp3) is 0.417. The van der Waals surface area contributed by atoms with Crippen molar-refractivity contribution in [3.05, 3.63) is 63.6 Å². The van der Waals surface area contributed by atoms with E-state index in [0.29, 0.717) is 0 Å². The summed E-state index contributed by atoms with van der Waals surface area (Å²) in [5.41, 5.74) is 3.40. The van der Waals surface area contributed by atoms with E-state index in [2.05, 4.69) is 51.3 Å². The van der Waals surface area contributed by atoms with Gasteiger partial charge in [0.05, 0.1) is 18.0 Å². The quantitative estimate of drug-likeness (QED) is 0.543. The van der Waals surface area contributed by atoms with Crippen LogP contribution >= 0.6 is 15.9 Å². The van der Waals surface area contributed by atoms with Gasteiger partial charge >= 0.3 is 5.97 Å². The van der Waals surface area contributed by atoms with Crippen LogP contribution in [-0.2, 0) is 11.2 Å². The van der Waals surface area contributed by atoms with Gasteiger partial charge in [-0.05, 0) is 67.1 Å². The van der Waals surface area contributed by atoms with E-state index >= 15 is 0 Å². The molecule has 30 heavy (non-hydrogen) atoms. The Balaban J connectivity index is 1.77. The summed E-state index contributed by atoms with van der Waals surface area (Å²) < 4.78 is 1.01. The van der Waals surface area contributed by atoms with Gasteiger partial charge in [0.25, 0.3) is 0 Å². The van der Waals surface area contributed by atoms with Gasteiger partial charge in [0, 0.05) is 23.2 Å². The molecule has 2 aromatic carbocycles. The molecule has 0 bridgehead atoms. The van der Waals surface area contributed by atoms with Crippen LogP contribution in [0.15, 0.2) is 46.9 Å². The smallest absolute Gasteiger partial charge is 0.335 e. The predicted molar refractivity (Wildman–Crippen MR) is 123 cm³/mol. The molecule has 2 aromatic rings. The first-order chi connectivity index (χ1) is 14.5. The van der Waals surface area contributed by atoms with E-state index in [-0.39, 0.29) is 23.9 Å². The summed E-state index contributed by atoms with van der Waals surface area (Å²) in [6.07, 6.45) is 5.73. The number of carbonyl (C=O) groups excluding carboxylic acids is 1. The zero-order chi connectivity index (χ0) is 21.5. The van der Waals surface area contributed by atoms with Crippen molar-refractivity contribution in [3.8, 4) is 0 Å². The zero-order valence-electron chi connectivity index (χ0n) is 17.4. The van der Waals surface area contributed by atoms with Crippen LogP contribution in [0.2, 0.25) is 0 Å². The largest absolute Gasteiger partial charge is 0.478 e. The Bertz CT molecular complexity index is 877. The number of halogens is 1. The Labute approximate surface area is 186 Å². The van der Waals surface area contributed by atoms with Crippen LogP contribution in [0, 0.1) is 0 Å². The lowest BCUT2D eigenvalue weighted by Crippen LogP contribution is -2.34. The third kappa shape index (κ3) is 5.85. The standard InChI is InChI=1S/C24H29BrN2O3/c1-2-6-21(26-23(28)15-17-7-9-18(10-8-17)24(29)30)20-16-19(25)11-12-22(20)27-13-4-3-5-14-27/h7-12,16,21H,2-6,13-15H2,1H3,(H,26,28)(H,29,30)/t21-/m1/s1. The van der Waals surface area contributed by atoms with Gasteiger partial charge in [0.15, 0.2) is 0 Å². The Morgan fingerprint density at radius 1 is 1.10 bits per heavy atom. The van der Waals surface area contributed by atoms with Gasteiger partial charge in [0.1, 0.15) is 0 Å². The number of carbonyl (C=O) groups is 2. The molecule has 1 atom stereocenters. The molecular weight excluding hydrogens is 444 g/mol. The molecule has 1 heterocycles. The van der Waals surface area contributed by atoms with E-state index in [1.54, 1.807) is 12.1 Å². The molecule has 1 aliphatic heterocycles. The van der Waals surface area contributed by atoms with Crippen LogP contribution in [0.4, 0.5) is 5.69 Å². The fourth-order valence-corrected chi connectivity index (χ4v) is 4.40. The second-order valence-electron chi connectivity index (χ2n) is 7.84. The van der Waals surface area contributed by atoms with Crippen molar-refractivity contribution in [2.45, 2.75) is 51.5 Å². The summed E-state index contributed by atoms with van der Waals surface area (Å²) in [4.78, 5) is 26.3. The van der Waals surface area contributed by atoms with Gasteiger partial charge in [0.2, 0.25) is 5.91 Å². The van der Waals surface area contributed by atoms with Crippen molar-refractivity contribution >= 4 is 33.5 Å². The fourth-order valence-electron chi connectivity index (χ4n) is 4.02. The van der Waals surface area contributed by atoms with Crippen LogP contribution in [0.3, 0.4) is 0 Å². The van der Waals surface area contributed by atoms with Crippen LogP contribution in [-0.4, -0.2) is 30.1 Å². The average molecular weight is 473 g/mol. The summed E-state index contributed by atoms with van der Waals surface area (Å²) in [5, 5.41) is 12.3. The highest BCUT2D eigenvalue weighted by Crippen LogP contribution is 2.33. The molecule has 1 saturated heterocycles. The lowest BCUT2D eigenvalue weighted by molar-refractivity contribution is -0.121. The number of hydrogen-bond donors (Lipinski definition) is 2. The van der Waals surface area contributed by atoms with Gasteiger partial charge in [-0.15, -0.1) is 0 Å². The van der Waals surface area contributed by atoms with Crippen molar-refractivity contribution in [1.82, 2.24) is 5.32 Å². The summed E-state index contributed by atoms with van der Waals surface area (Å²) in [7, 11) is 0. The minimum absolute atomic E-state index is 0.0545. The molecule has 160 valence electrons. The number of nitrogens with zero attached hydrogens (tertiary/aromatic N) is 1. The number of piperidine rings is 1. The summed E-state index contributed by atoms with van der Waals surface area (Å²) in [6.45, 7) is 4.23. The van der Waals surface area contributed by atoms with Crippen molar-refractivity contribution in [1.29, 1.82) is 0 Å². The van der Waals surface area contributed by atoms with Crippen LogP contribution in [0.5, 0.6) is 0 Å². The Hall–Kier alpha value is -2.34. The zero-order valence-corrected chi connectivity index (χ0v) is 19.0. The number of anilines is 1. The van der Waals surface area contributed by atoms with Crippen molar-refractivity contribution < 1.29 is 14.7 Å². The van der Waals surface area contributed by atoms with Crippen LogP contribution in [0.25, 0.3) is 0 Å². The molecule has 5 nitrogen and oxygen atoms in total. The molecule has 0 aromatic heterocycles. The number of nitrogens with one attached hydrogen (secondary N) is 1. The van der Waals surface area contributed by atoms with Crippen LogP contribution < -0.4 is 10.2 Å². The lowest BCUT2D eigenvalue weighted by atomic mass is 9.98. The lowest BCUT2D eigenvalue weighted by Gasteiger charge is -2.33. The molecular formula is C24H29BrN2O3. The predicted octanol–water partition coefficient (Wildman–Crippen LogP) is 5.34. The second-order valence-corrected chi connectivity index (χ2v) is 8.75. The van der Waals surface area contributed by atoms with E-state index in [1.807, 2.05) is 0 Å². The normalized spacial score (nSPS) is 14.9. The number of hydrogen-bond acceptors (Lipinski definition) is 3. The molecule has 0 unspecified atom stereocenters. The van der Waals surface area contributed by atoms with Gasteiger partial charge in [-0.25, -0.2) is 4.79 Å². The van der Waals surface area contributed by atoms with E-state index < -0.39 is 5.97 Å². The molecule has 0 aliphatic carbocycles. The van der Waals surface area contributed by atoms with Crippen LogP contribution in [0.1, 0.15) is 66.6 Å². The van der Waals surface area contributed by atoms with Gasteiger partial charge in [-0.1, -0.05) is 41.4 Å².